The number of fused-ring (bicyclic) bond motifs is 1. The van der Waals surface area contributed by atoms with E-state index >= 15 is 0 Å². The lowest BCUT2D eigenvalue weighted by molar-refractivity contribution is -0.132. The van der Waals surface area contributed by atoms with Crippen LogP contribution in [0.1, 0.15) is 59.3 Å². The van der Waals surface area contributed by atoms with Gasteiger partial charge in [0, 0.05) is 11.3 Å². The normalized spacial score (nSPS) is 37.6. The molecule has 130 valence electrons. The number of rotatable bonds is 5. The molecule has 4 atom stereocenters. The molecule has 1 spiro atoms. The molecule has 0 aromatic rings. The minimum Gasteiger partial charge on any atom is -0.273 e. The maximum absolute atomic E-state index is 12.9. The number of hydrogen-bond acceptors (Lipinski definition) is 3. The predicted octanol–water partition coefficient (Wildman–Crippen LogP) is 3.35. The highest BCUT2D eigenvalue weighted by atomic mass is 32.2. The highest BCUT2D eigenvalue weighted by Gasteiger charge is 2.72. The van der Waals surface area contributed by atoms with E-state index in [1.54, 1.807) is 0 Å². The molecule has 3 aliphatic rings. The van der Waals surface area contributed by atoms with E-state index in [-0.39, 0.29) is 34.4 Å². The smallest absolute Gasteiger partial charge is 0.239 e. The van der Waals surface area contributed by atoms with Crippen molar-refractivity contribution < 1.29 is 13.2 Å². The van der Waals surface area contributed by atoms with Crippen LogP contribution in [0.3, 0.4) is 0 Å². The van der Waals surface area contributed by atoms with Crippen molar-refractivity contribution in [3.8, 4) is 0 Å². The number of carbonyl (C=O) groups excluding carboxylic acids is 1. The van der Waals surface area contributed by atoms with Crippen LogP contribution in [-0.2, 0) is 14.8 Å². The van der Waals surface area contributed by atoms with E-state index in [2.05, 4.69) is 20.4 Å². The van der Waals surface area contributed by atoms with Crippen LogP contribution in [0.15, 0.2) is 12.7 Å². The molecule has 2 bridgehead atoms. The van der Waals surface area contributed by atoms with E-state index in [0.717, 1.165) is 38.5 Å². The van der Waals surface area contributed by atoms with Gasteiger partial charge in [-0.25, -0.2) is 12.7 Å². The zero-order chi connectivity index (χ0) is 17.0. The molecule has 1 amide bonds. The molecule has 0 radical (unpaired) electrons. The number of unbranched alkanes of at least 4 members (excludes halogenated alkanes) is 1. The molecule has 1 saturated heterocycles. The monoisotopic (exact) mass is 339 g/mol. The van der Waals surface area contributed by atoms with Crippen LogP contribution in [0, 0.1) is 22.7 Å². The molecule has 0 aromatic heterocycles. The maximum Gasteiger partial charge on any atom is 0.239 e. The van der Waals surface area contributed by atoms with Gasteiger partial charge in [0.2, 0.25) is 15.9 Å². The summed E-state index contributed by atoms with van der Waals surface area (Å²) in [5.41, 5.74) is -0.196. The van der Waals surface area contributed by atoms with Gasteiger partial charge in [0.1, 0.15) is 0 Å². The van der Waals surface area contributed by atoms with Crippen molar-refractivity contribution in [1.29, 1.82) is 0 Å². The third kappa shape index (κ3) is 2.22. The summed E-state index contributed by atoms with van der Waals surface area (Å²) in [6, 6.07) is -0.101. The van der Waals surface area contributed by atoms with E-state index < -0.39 is 10.0 Å². The fourth-order valence-electron chi connectivity index (χ4n) is 5.49. The summed E-state index contributed by atoms with van der Waals surface area (Å²) < 4.78 is 26.9. The minimum absolute atomic E-state index is 0.0197. The summed E-state index contributed by atoms with van der Waals surface area (Å²) in [6.45, 7) is 9.98. The first-order valence-electron chi connectivity index (χ1n) is 8.84. The molecule has 0 N–H and O–H groups in total. The summed E-state index contributed by atoms with van der Waals surface area (Å²) in [5, 5.41) is 0. The highest BCUT2D eigenvalue weighted by molar-refractivity contribution is 7.90. The van der Waals surface area contributed by atoms with Gasteiger partial charge in [0.25, 0.3) is 0 Å². The second-order valence-corrected chi connectivity index (χ2v) is 10.2. The van der Waals surface area contributed by atoms with Crippen LogP contribution in [-0.4, -0.2) is 30.4 Å². The molecule has 2 aliphatic carbocycles. The molecule has 0 aromatic carbocycles. The topological polar surface area (TPSA) is 54.5 Å². The standard InChI is InChI=1S/C18H29NO3S/c1-5-6-7-8-13(2)16(20)19-15-11-14-9-10-18(15,17(14,3)4)12-23(19,21)22/h5,13-15H,1,6-12H2,2-4H3/t13-,14+,15+,18+/m1/s1. The third-order valence-electron chi connectivity index (χ3n) is 7.10. The van der Waals surface area contributed by atoms with Crippen LogP contribution in [0.4, 0.5) is 0 Å². The molecule has 2 saturated carbocycles. The van der Waals surface area contributed by atoms with Crippen molar-refractivity contribution in [2.75, 3.05) is 5.75 Å². The first-order valence-corrected chi connectivity index (χ1v) is 10.4. The van der Waals surface area contributed by atoms with E-state index in [1.165, 1.54) is 4.31 Å². The molecule has 3 fully saturated rings. The summed E-state index contributed by atoms with van der Waals surface area (Å²) >= 11 is 0. The van der Waals surface area contributed by atoms with Gasteiger partial charge in [-0.3, -0.25) is 4.79 Å². The molecule has 1 heterocycles. The Labute approximate surface area is 140 Å². The van der Waals surface area contributed by atoms with Gasteiger partial charge in [0.15, 0.2) is 0 Å². The number of nitrogens with zero attached hydrogens (tertiary/aromatic N) is 1. The Hall–Kier alpha value is -0.840. The van der Waals surface area contributed by atoms with Gasteiger partial charge in [-0.1, -0.05) is 26.8 Å². The number of sulfonamides is 1. The molecule has 23 heavy (non-hydrogen) atoms. The summed E-state index contributed by atoms with van der Waals surface area (Å²) in [4.78, 5) is 12.9. The van der Waals surface area contributed by atoms with E-state index in [9.17, 15) is 13.2 Å². The van der Waals surface area contributed by atoms with Crippen molar-refractivity contribution in [3.05, 3.63) is 12.7 Å². The first kappa shape index (κ1) is 17.0. The average molecular weight is 340 g/mol. The van der Waals surface area contributed by atoms with Crippen molar-refractivity contribution in [2.45, 2.75) is 65.3 Å². The Balaban J connectivity index is 1.86. The summed E-state index contributed by atoms with van der Waals surface area (Å²) in [6.07, 6.45) is 7.23. The van der Waals surface area contributed by atoms with Crippen LogP contribution in [0.5, 0.6) is 0 Å². The molecule has 1 aliphatic heterocycles. The zero-order valence-corrected chi connectivity index (χ0v) is 15.4. The zero-order valence-electron chi connectivity index (χ0n) is 14.5. The van der Waals surface area contributed by atoms with E-state index in [1.807, 2.05) is 13.0 Å². The van der Waals surface area contributed by atoms with Crippen LogP contribution >= 0.6 is 0 Å². The maximum atomic E-state index is 12.9. The first-order chi connectivity index (χ1) is 10.7. The lowest BCUT2D eigenvalue weighted by Gasteiger charge is -2.37. The molecular weight excluding hydrogens is 310 g/mol. The summed E-state index contributed by atoms with van der Waals surface area (Å²) in [7, 11) is -3.47. The van der Waals surface area contributed by atoms with Gasteiger partial charge in [-0.2, -0.15) is 0 Å². The van der Waals surface area contributed by atoms with Gasteiger partial charge in [-0.05, 0) is 49.9 Å². The second-order valence-electron chi connectivity index (χ2n) is 8.38. The molecular formula is C18H29NO3S. The third-order valence-corrected chi connectivity index (χ3v) is 9.01. The number of amides is 1. The van der Waals surface area contributed by atoms with Crippen molar-refractivity contribution in [3.63, 3.8) is 0 Å². The molecule has 3 rings (SSSR count). The van der Waals surface area contributed by atoms with Crippen molar-refractivity contribution >= 4 is 15.9 Å². The highest BCUT2D eigenvalue weighted by Crippen LogP contribution is 2.70. The largest absolute Gasteiger partial charge is 0.273 e. The Morgan fingerprint density at radius 2 is 2.13 bits per heavy atom. The number of carbonyl (C=O) groups is 1. The number of allylic oxidation sites excluding steroid dienone is 1. The lowest BCUT2D eigenvalue weighted by atomic mass is 9.69. The SMILES string of the molecule is C=CCCC[C@@H](C)C(=O)N1[C@H]2C[C@@H]3CC[C@@]2(CS1(=O)=O)C3(C)C. The Bertz CT molecular complexity index is 624. The van der Waals surface area contributed by atoms with E-state index in [4.69, 9.17) is 0 Å². The fourth-order valence-corrected chi connectivity index (χ4v) is 8.12. The summed E-state index contributed by atoms with van der Waals surface area (Å²) in [5.74, 6) is 0.301. The Morgan fingerprint density at radius 3 is 2.74 bits per heavy atom. The number of hydrogen-bond donors (Lipinski definition) is 0. The van der Waals surface area contributed by atoms with Gasteiger partial charge in [-0.15, -0.1) is 6.58 Å². The van der Waals surface area contributed by atoms with Gasteiger partial charge >= 0.3 is 0 Å². The lowest BCUT2D eigenvalue weighted by Crippen LogP contribution is -2.45. The van der Waals surface area contributed by atoms with Crippen LogP contribution in [0.25, 0.3) is 0 Å². The quantitative estimate of drug-likeness (QED) is 0.570. The second kappa shape index (κ2) is 5.33. The van der Waals surface area contributed by atoms with Crippen LogP contribution < -0.4 is 0 Å². The average Bonchev–Trinajstić information content (AvgIpc) is 2.93. The molecule has 0 unspecified atom stereocenters. The van der Waals surface area contributed by atoms with Gasteiger partial charge in [0.05, 0.1) is 11.8 Å². The van der Waals surface area contributed by atoms with Crippen molar-refractivity contribution in [2.24, 2.45) is 22.7 Å². The van der Waals surface area contributed by atoms with Crippen LogP contribution in [0.2, 0.25) is 0 Å². The Kier molecular flexibility index (Phi) is 3.94. The Morgan fingerprint density at radius 1 is 1.43 bits per heavy atom. The van der Waals surface area contributed by atoms with E-state index in [0.29, 0.717) is 5.92 Å². The molecule has 4 nitrogen and oxygen atoms in total. The molecule has 5 heteroatoms. The van der Waals surface area contributed by atoms with Gasteiger partial charge < -0.3 is 0 Å². The minimum atomic E-state index is -3.47. The van der Waals surface area contributed by atoms with Crippen molar-refractivity contribution in [1.82, 2.24) is 4.31 Å². The fraction of sp³-hybridized carbons (Fsp3) is 0.833. The predicted molar refractivity (Wildman–Crippen MR) is 91.2 cm³/mol.